The van der Waals surface area contributed by atoms with Gasteiger partial charge in [0, 0.05) is 31.5 Å². The minimum Gasteiger partial charge on any atom is -0.337 e. The fraction of sp³-hybridized carbons (Fsp3) is 0.455. The van der Waals surface area contributed by atoms with Crippen molar-refractivity contribution in [3.05, 3.63) is 41.2 Å². The summed E-state index contributed by atoms with van der Waals surface area (Å²) in [5, 5.41) is 10.7. The van der Waals surface area contributed by atoms with Gasteiger partial charge in [-0.2, -0.15) is 0 Å². The predicted molar refractivity (Wildman–Crippen MR) is 111 cm³/mol. The van der Waals surface area contributed by atoms with E-state index in [1.807, 2.05) is 11.0 Å². The molecule has 1 aromatic carbocycles. The van der Waals surface area contributed by atoms with E-state index in [2.05, 4.69) is 15.6 Å². The van der Waals surface area contributed by atoms with Gasteiger partial charge in [0.05, 0.1) is 18.4 Å². The number of carbonyl (C=O) groups is 4. The molecule has 4 heterocycles. The summed E-state index contributed by atoms with van der Waals surface area (Å²) in [4.78, 5) is 52.1. The Balaban J connectivity index is 1.32. The topological polar surface area (TPSA) is 118 Å². The van der Waals surface area contributed by atoms with Crippen molar-refractivity contribution < 1.29 is 19.2 Å². The van der Waals surface area contributed by atoms with Crippen molar-refractivity contribution in [2.45, 2.75) is 57.7 Å². The molecule has 1 aromatic heterocycles. The molecule has 4 amide bonds. The maximum Gasteiger partial charge on any atom is 0.255 e. The summed E-state index contributed by atoms with van der Waals surface area (Å²) in [6.07, 6.45) is 5.94. The van der Waals surface area contributed by atoms with E-state index in [1.165, 1.54) is 4.90 Å². The Kier molecular flexibility index (Phi) is 5.20. The minimum atomic E-state index is -0.639. The van der Waals surface area contributed by atoms with Crippen LogP contribution in [0.15, 0.2) is 24.4 Å². The van der Waals surface area contributed by atoms with Crippen LogP contribution in [0, 0.1) is 0 Å². The van der Waals surface area contributed by atoms with E-state index in [-0.39, 0.29) is 24.1 Å². The number of likely N-dealkylation sites (tertiary alicyclic amines) is 1. The molecule has 1 atom stereocenters. The monoisotopic (exact) mass is 436 g/mol. The van der Waals surface area contributed by atoms with E-state index in [9.17, 15) is 19.2 Å². The first-order chi connectivity index (χ1) is 15.5. The fourth-order valence-corrected chi connectivity index (χ4v) is 4.60. The van der Waals surface area contributed by atoms with Crippen LogP contribution in [-0.2, 0) is 27.5 Å². The van der Waals surface area contributed by atoms with Crippen LogP contribution in [-0.4, -0.2) is 61.0 Å². The summed E-state index contributed by atoms with van der Waals surface area (Å²) >= 11 is 0. The van der Waals surface area contributed by atoms with Crippen LogP contribution >= 0.6 is 0 Å². The summed E-state index contributed by atoms with van der Waals surface area (Å²) < 4.78 is 1.64. The average Bonchev–Trinajstić information content (AvgIpc) is 3.30. The molecule has 2 fully saturated rings. The summed E-state index contributed by atoms with van der Waals surface area (Å²) in [5.41, 5.74) is 2.82. The molecule has 0 bridgehead atoms. The second-order valence-electron chi connectivity index (χ2n) is 8.52. The summed E-state index contributed by atoms with van der Waals surface area (Å²) in [5.74, 6) is -0.783. The number of fused-ring (bicyclic) bond motifs is 1. The Labute approximate surface area is 184 Å². The van der Waals surface area contributed by atoms with Gasteiger partial charge in [-0.1, -0.05) is 11.6 Å². The average molecular weight is 436 g/mol. The highest BCUT2D eigenvalue weighted by Crippen LogP contribution is 2.29. The quantitative estimate of drug-likeness (QED) is 0.713. The highest BCUT2D eigenvalue weighted by molar-refractivity contribution is 6.05. The number of imide groups is 1. The molecule has 0 aliphatic carbocycles. The van der Waals surface area contributed by atoms with Gasteiger partial charge in [-0.3, -0.25) is 24.5 Å². The van der Waals surface area contributed by atoms with Crippen molar-refractivity contribution in [3.8, 4) is 5.69 Å². The first-order valence-electron chi connectivity index (χ1n) is 11.0. The summed E-state index contributed by atoms with van der Waals surface area (Å²) in [6.45, 7) is 1.48. The van der Waals surface area contributed by atoms with E-state index < -0.39 is 11.9 Å². The van der Waals surface area contributed by atoms with Crippen molar-refractivity contribution >= 4 is 23.6 Å². The van der Waals surface area contributed by atoms with Gasteiger partial charge >= 0.3 is 0 Å². The number of benzene rings is 1. The lowest BCUT2D eigenvalue weighted by Gasteiger charge is -2.29. The van der Waals surface area contributed by atoms with Crippen molar-refractivity contribution in [1.82, 2.24) is 30.1 Å². The molecule has 10 heteroatoms. The highest BCUT2D eigenvalue weighted by atomic mass is 16.2. The lowest BCUT2D eigenvalue weighted by molar-refractivity contribution is -0.137. The van der Waals surface area contributed by atoms with Crippen molar-refractivity contribution in [3.63, 3.8) is 0 Å². The number of hydrogen-bond acceptors (Lipinski definition) is 6. The van der Waals surface area contributed by atoms with Crippen LogP contribution in [0.4, 0.5) is 0 Å². The normalized spacial score (nSPS) is 21.6. The second-order valence-corrected chi connectivity index (χ2v) is 8.52. The predicted octanol–water partition coefficient (Wildman–Crippen LogP) is 0.931. The lowest BCUT2D eigenvalue weighted by atomic mass is 10.0. The molecule has 1 unspecified atom stereocenters. The summed E-state index contributed by atoms with van der Waals surface area (Å²) in [7, 11) is 0. The number of amides is 4. The third kappa shape index (κ3) is 3.76. The molecular weight excluding hydrogens is 412 g/mol. The minimum absolute atomic E-state index is 0.154. The molecule has 166 valence electrons. The molecule has 0 spiro atoms. The van der Waals surface area contributed by atoms with Gasteiger partial charge in [0.2, 0.25) is 17.7 Å². The zero-order valence-electron chi connectivity index (χ0n) is 17.6. The van der Waals surface area contributed by atoms with Crippen LogP contribution in [0.25, 0.3) is 5.69 Å². The number of nitrogens with one attached hydrogen (secondary N) is 1. The first-order valence-corrected chi connectivity index (χ1v) is 11.0. The standard InChI is InChI=1S/C22H24N6O4/c29-19-8-7-18(21(31)23-19)27-11-14-10-16(5-6-17(14)22(27)32)28-13-15(24-25-28)12-26-9-3-1-2-4-20(26)30/h5-6,10,13,18H,1-4,7-9,11-12H2,(H,23,29,31). The van der Waals surface area contributed by atoms with Gasteiger partial charge in [0.1, 0.15) is 11.7 Å². The maximum absolute atomic E-state index is 12.8. The molecule has 2 aromatic rings. The zero-order chi connectivity index (χ0) is 22.2. The Bertz CT molecular complexity index is 1110. The number of rotatable bonds is 4. The summed E-state index contributed by atoms with van der Waals surface area (Å²) in [6, 6.07) is 4.76. The number of piperidine rings is 1. The van der Waals surface area contributed by atoms with E-state index in [1.54, 1.807) is 23.0 Å². The van der Waals surface area contributed by atoms with Crippen LogP contribution in [0.1, 0.15) is 60.1 Å². The number of nitrogens with zero attached hydrogens (tertiary/aromatic N) is 5. The van der Waals surface area contributed by atoms with Crippen LogP contribution in [0.3, 0.4) is 0 Å². The molecule has 3 aliphatic heterocycles. The Morgan fingerprint density at radius 3 is 2.78 bits per heavy atom. The number of hydrogen-bond donors (Lipinski definition) is 1. The van der Waals surface area contributed by atoms with E-state index in [0.717, 1.165) is 37.1 Å². The Morgan fingerprint density at radius 1 is 1.06 bits per heavy atom. The Morgan fingerprint density at radius 2 is 1.94 bits per heavy atom. The van der Waals surface area contributed by atoms with E-state index in [0.29, 0.717) is 37.2 Å². The van der Waals surface area contributed by atoms with E-state index in [4.69, 9.17) is 0 Å². The fourth-order valence-electron chi connectivity index (χ4n) is 4.60. The number of aromatic nitrogens is 3. The third-order valence-electron chi connectivity index (χ3n) is 6.34. The highest BCUT2D eigenvalue weighted by Gasteiger charge is 2.39. The molecule has 0 radical (unpaired) electrons. The molecule has 3 aliphatic rings. The van der Waals surface area contributed by atoms with E-state index >= 15 is 0 Å². The van der Waals surface area contributed by atoms with Gasteiger partial charge < -0.3 is 9.80 Å². The largest absolute Gasteiger partial charge is 0.337 e. The van der Waals surface area contributed by atoms with Crippen molar-refractivity contribution in [2.75, 3.05) is 6.54 Å². The van der Waals surface area contributed by atoms with Crippen LogP contribution in [0.2, 0.25) is 0 Å². The molecule has 10 nitrogen and oxygen atoms in total. The van der Waals surface area contributed by atoms with Gasteiger partial charge in [-0.15, -0.1) is 5.10 Å². The smallest absolute Gasteiger partial charge is 0.255 e. The number of carbonyl (C=O) groups excluding carboxylic acids is 4. The molecule has 0 saturated carbocycles. The first kappa shape index (κ1) is 20.3. The van der Waals surface area contributed by atoms with Gasteiger partial charge in [0.25, 0.3) is 5.91 Å². The Hall–Kier alpha value is -3.56. The maximum atomic E-state index is 12.8. The van der Waals surface area contributed by atoms with Gasteiger partial charge in [-0.25, -0.2) is 4.68 Å². The second kappa shape index (κ2) is 8.18. The zero-order valence-corrected chi connectivity index (χ0v) is 17.6. The third-order valence-corrected chi connectivity index (χ3v) is 6.34. The van der Waals surface area contributed by atoms with Crippen LogP contribution < -0.4 is 5.32 Å². The van der Waals surface area contributed by atoms with Crippen molar-refractivity contribution in [2.24, 2.45) is 0 Å². The molecule has 2 saturated heterocycles. The van der Waals surface area contributed by atoms with Crippen LogP contribution in [0.5, 0.6) is 0 Å². The molecular formula is C22H24N6O4. The van der Waals surface area contributed by atoms with Gasteiger partial charge in [0.15, 0.2) is 0 Å². The molecule has 1 N–H and O–H groups in total. The molecule has 32 heavy (non-hydrogen) atoms. The van der Waals surface area contributed by atoms with Crippen molar-refractivity contribution in [1.29, 1.82) is 0 Å². The van der Waals surface area contributed by atoms with Gasteiger partial charge in [-0.05, 0) is 43.0 Å². The SMILES string of the molecule is O=C1CCC(N2Cc3cc(-n4cc(CN5CCCCCC5=O)nn4)ccc3C2=O)C(=O)N1. The lowest BCUT2D eigenvalue weighted by Crippen LogP contribution is -2.52. The molecule has 5 rings (SSSR count).